The molecule has 1 heterocycles. The van der Waals surface area contributed by atoms with Gasteiger partial charge in [-0.1, -0.05) is 0 Å². The molecule has 0 aliphatic rings. The van der Waals surface area contributed by atoms with Crippen LogP contribution < -0.4 is 0 Å². The van der Waals surface area contributed by atoms with Crippen LogP contribution in [0.15, 0.2) is 57.0 Å². The molecule has 0 spiro atoms. The summed E-state index contributed by atoms with van der Waals surface area (Å²) in [5, 5.41) is 0. The van der Waals surface area contributed by atoms with E-state index in [-0.39, 0.29) is 0 Å². The molecule has 0 saturated heterocycles. The fourth-order valence-corrected chi connectivity index (χ4v) is 18.0. The van der Waals surface area contributed by atoms with Gasteiger partial charge >= 0.3 is 180 Å². The average molecular weight is 491 g/mol. The van der Waals surface area contributed by atoms with E-state index in [0.717, 1.165) is 12.8 Å². The molecule has 0 atom stereocenters. The van der Waals surface area contributed by atoms with Crippen molar-refractivity contribution in [1.29, 1.82) is 0 Å². The number of hydrogen-bond acceptors (Lipinski definition) is 1. The summed E-state index contributed by atoms with van der Waals surface area (Å²) >= 11 is -2.10. The number of hydrogen-bond donors (Lipinski definition) is 0. The third-order valence-corrected chi connectivity index (χ3v) is 19.9. The zero-order valence-corrected chi connectivity index (χ0v) is 21.9. The van der Waals surface area contributed by atoms with Crippen LogP contribution >= 0.6 is 0 Å². The molecular formula is C26H44OSn. The molecule has 0 aliphatic carbocycles. The van der Waals surface area contributed by atoms with Gasteiger partial charge in [-0.3, -0.25) is 0 Å². The molecule has 1 aromatic heterocycles. The van der Waals surface area contributed by atoms with E-state index in [4.69, 9.17) is 4.42 Å². The first-order valence-corrected chi connectivity index (χ1v) is 19.4. The Kier molecular flexibility index (Phi) is 14.6. The Labute approximate surface area is 179 Å². The Balaban J connectivity index is 2.57. The van der Waals surface area contributed by atoms with Gasteiger partial charge in [-0.25, -0.2) is 0 Å². The van der Waals surface area contributed by atoms with E-state index < -0.39 is 18.4 Å². The minimum atomic E-state index is -2.10. The van der Waals surface area contributed by atoms with Crippen molar-refractivity contribution in [3.05, 3.63) is 58.1 Å². The van der Waals surface area contributed by atoms with Crippen molar-refractivity contribution in [1.82, 2.24) is 0 Å². The number of unbranched alkanes of at least 4 members (excludes halogenated alkanes) is 3. The van der Waals surface area contributed by atoms with Crippen LogP contribution in [0.5, 0.6) is 0 Å². The Morgan fingerprint density at radius 1 is 0.893 bits per heavy atom. The Hall–Kier alpha value is -0.701. The van der Waals surface area contributed by atoms with Crippen LogP contribution in [0.25, 0.3) is 0 Å². The van der Waals surface area contributed by atoms with E-state index >= 15 is 0 Å². The van der Waals surface area contributed by atoms with E-state index in [2.05, 4.69) is 62.2 Å². The van der Waals surface area contributed by atoms with Gasteiger partial charge in [0.05, 0.1) is 0 Å². The zero-order chi connectivity index (χ0) is 20.5. The average Bonchev–Trinajstić information content (AvgIpc) is 3.22. The molecule has 1 nitrogen and oxygen atoms in total. The van der Waals surface area contributed by atoms with Crippen molar-refractivity contribution >= 4 is 18.4 Å². The SMILES string of the molecule is CCC[CH2][Sn]([CH]=C/C=C/C=C(\C)CCCc1ccoc1)([CH2]CCC)[CH2]CCC. The fourth-order valence-electron chi connectivity index (χ4n) is 3.84. The summed E-state index contributed by atoms with van der Waals surface area (Å²) in [5.41, 5.74) is 2.77. The van der Waals surface area contributed by atoms with Crippen molar-refractivity contribution in [3.63, 3.8) is 0 Å². The van der Waals surface area contributed by atoms with Crippen molar-refractivity contribution in [3.8, 4) is 0 Å². The molecule has 1 aromatic rings. The maximum absolute atomic E-state index is 5.14. The molecule has 0 radical (unpaired) electrons. The van der Waals surface area contributed by atoms with Crippen LogP contribution in [0.1, 0.15) is 84.6 Å². The normalized spacial score (nSPS) is 13.2. The quantitative estimate of drug-likeness (QED) is 0.166. The van der Waals surface area contributed by atoms with E-state index in [1.165, 1.54) is 56.1 Å². The fraction of sp³-hybridized carbons (Fsp3) is 0.615. The van der Waals surface area contributed by atoms with Gasteiger partial charge in [0, 0.05) is 0 Å². The third kappa shape index (κ3) is 11.3. The van der Waals surface area contributed by atoms with Crippen molar-refractivity contribution in [2.24, 2.45) is 0 Å². The maximum atomic E-state index is 5.14. The summed E-state index contributed by atoms with van der Waals surface area (Å²) in [7, 11) is 0. The molecule has 158 valence electrons. The molecule has 0 fully saturated rings. The molecule has 28 heavy (non-hydrogen) atoms. The Morgan fingerprint density at radius 3 is 2.07 bits per heavy atom. The van der Waals surface area contributed by atoms with Gasteiger partial charge in [-0.2, -0.15) is 0 Å². The first-order valence-electron chi connectivity index (χ1n) is 11.7. The van der Waals surface area contributed by atoms with E-state index in [0.29, 0.717) is 0 Å². The minimum absolute atomic E-state index is 1.11. The second-order valence-corrected chi connectivity index (χ2v) is 21.4. The summed E-state index contributed by atoms with van der Waals surface area (Å²) in [6.45, 7) is 9.29. The van der Waals surface area contributed by atoms with Gasteiger partial charge < -0.3 is 0 Å². The second-order valence-electron chi connectivity index (χ2n) is 8.42. The van der Waals surface area contributed by atoms with E-state index in [9.17, 15) is 0 Å². The van der Waals surface area contributed by atoms with Gasteiger partial charge in [0.2, 0.25) is 0 Å². The molecule has 0 N–H and O–H groups in total. The van der Waals surface area contributed by atoms with Crippen molar-refractivity contribution in [2.75, 3.05) is 0 Å². The van der Waals surface area contributed by atoms with Crippen LogP contribution in [0, 0.1) is 0 Å². The summed E-state index contributed by atoms with van der Waals surface area (Å²) in [5.74, 6) is 0. The molecule has 0 bridgehead atoms. The third-order valence-electron chi connectivity index (χ3n) is 5.75. The first-order chi connectivity index (χ1) is 13.7. The number of rotatable bonds is 16. The summed E-state index contributed by atoms with van der Waals surface area (Å²) in [6.07, 6.45) is 24.7. The zero-order valence-electron chi connectivity index (χ0n) is 19.0. The van der Waals surface area contributed by atoms with Crippen LogP contribution in [-0.2, 0) is 6.42 Å². The van der Waals surface area contributed by atoms with Crippen LogP contribution in [0.2, 0.25) is 13.3 Å². The molecular weight excluding hydrogens is 447 g/mol. The molecule has 0 amide bonds. The van der Waals surface area contributed by atoms with E-state index in [1.807, 2.05) is 6.26 Å². The number of aryl methyl sites for hydroxylation is 1. The molecule has 2 heteroatoms. The van der Waals surface area contributed by atoms with Gasteiger partial charge in [0.25, 0.3) is 0 Å². The second kappa shape index (κ2) is 16.1. The first kappa shape index (κ1) is 25.3. The monoisotopic (exact) mass is 492 g/mol. The van der Waals surface area contributed by atoms with E-state index in [1.54, 1.807) is 19.6 Å². The van der Waals surface area contributed by atoms with Crippen LogP contribution in [-0.4, -0.2) is 18.4 Å². The predicted octanol–water partition coefficient (Wildman–Crippen LogP) is 9.05. The molecule has 0 aromatic carbocycles. The predicted molar refractivity (Wildman–Crippen MR) is 129 cm³/mol. The van der Waals surface area contributed by atoms with Gasteiger partial charge in [0.15, 0.2) is 0 Å². The molecule has 0 aliphatic heterocycles. The van der Waals surface area contributed by atoms with Crippen LogP contribution in [0.4, 0.5) is 0 Å². The molecule has 0 unspecified atom stereocenters. The summed E-state index contributed by atoms with van der Waals surface area (Å²) in [6, 6.07) is 2.07. The molecule has 0 saturated carbocycles. The van der Waals surface area contributed by atoms with Crippen LogP contribution in [0.3, 0.4) is 0 Å². The van der Waals surface area contributed by atoms with Gasteiger partial charge in [0.1, 0.15) is 0 Å². The Bertz CT molecular complexity index is 543. The van der Waals surface area contributed by atoms with Gasteiger partial charge in [-0.05, 0) is 0 Å². The van der Waals surface area contributed by atoms with Crippen molar-refractivity contribution < 1.29 is 4.42 Å². The Morgan fingerprint density at radius 2 is 1.54 bits per heavy atom. The topological polar surface area (TPSA) is 13.1 Å². The number of furan rings is 1. The van der Waals surface area contributed by atoms with Gasteiger partial charge in [-0.15, -0.1) is 0 Å². The summed E-state index contributed by atoms with van der Waals surface area (Å²) in [4.78, 5) is 0. The number of allylic oxidation sites excluding steroid dienone is 5. The standard InChI is InChI=1S/C14H17O.3C4H9.Sn/c1-3-4-5-7-13(2)8-6-9-14-10-11-15-12-14;3*1-3-4-2;/h1,3-5,7,10-12H,6,8-9H2,2H3;3*1,3-4H2,2H3;/b3-1?,5-4+,13-7+;;;;. The molecule has 1 rings (SSSR count). The summed E-state index contributed by atoms with van der Waals surface area (Å²) < 4.78 is 12.5. The van der Waals surface area contributed by atoms with Crippen molar-refractivity contribution in [2.45, 2.75) is 98.8 Å².